The van der Waals surface area contributed by atoms with E-state index in [0.29, 0.717) is 22.8 Å². The molecule has 0 unspecified atom stereocenters. The highest BCUT2D eigenvalue weighted by Gasteiger charge is 2.12. The molecule has 2 aromatic rings. The largest absolute Gasteiger partial charge is 0.465 e. The van der Waals surface area contributed by atoms with Crippen LogP contribution in [0.15, 0.2) is 29.9 Å². The highest BCUT2D eigenvalue weighted by molar-refractivity contribution is 7.09. The first-order valence-electron chi connectivity index (χ1n) is 5.20. The summed E-state index contributed by atoms with van der Waals surface area (Å²) >= 11 is 7.47. The van der Waals surface area contributed by atoms with E-state index in [1.54, 1.807) is 41.2 Å². The average molecular weight is 283 g/mol. The first-order valence-corrected chi connectivity index (χ1v) is 6.45. The molecule has 6 heteroatoms. The molecule has 0 saturated carbocycles. The Kier molecular flexibility index (Phi) is 4.17. The van der Waals surface area contributed by atoms with Gasteiger partial charge in [-0.05, 0) is 18.2 Å². The minimum Gasteiger partial charge on any atom is -0.465 e. The first kappa shape index (κ1) is 12.9. The summed E-state index contributed by atoms with van der Waals surface area (Å²) in [5.74, 6) is -0.390. The minimum absolute atomic E-state index is 0.390. The van der Waals surface area contributed by atoms with Crippen LogP contribution in [-0.4, -0.2) is 18.1 Å². The van der Waals surface area contributed by atoms with E-state index in [9.17, 15) is 4.79 Å². The van der Waals surface area contributed by atoms with Gasteiger partial charge in [-0.3, -0.25) is 4.98 Å². The molecule has 1 heterocycles. The fraction of sp³-hybridized carbons (Fsp3) is 0.167. The number of esters is 1. The molecule has 0 aliphatic carbocycles. The van der Waals surface area contributed by atoms with Crippen LogP contribution in [0.3, 0.4) is 0 Å². The van der Waals surface area contributed by atoms with Gasteiger partial charge >= 0.3 is 5.97 Å². The molecule has 0 aliphatic heterocycles. The number of benzene rings is 1. The van der Waals surface area contributed by atoms with Crippen LogP contribution in [-0.2, 0) is 11.3 Å². The number of hydrogen-bond donors (Lipinski definition) is 1. The van der Waals surface area contributed by atoms with Crippen molar-refractivity contribution in [3.05, 3.63) is 45.4 Å². The molecule has 18 heavy (non-hydrogen) atoms. The van der Waals surface area contributed by atoms with E-state index in [1.807, 2.05) is 0 Å². The van der Waals surface area contributed by atoms with Crippen LogP contribution in [0.1, 0.15) is 15.2 Å². The normalized spacial score (nSPS) is 10.1. The van der Waals surface area contributed by atoms with Crippen molar-refractivity contribution < 1.29 is 9.53 Å². The predicted octanol–water partition coefficient (Wildman–Crippen LogP) is 3.20. The summed E-state index contributed by atoms with van der Waals surface area (Å²) in [6, 6.07) is 5.00. The number of methoxy groups -OCH3 is 1. The standard InChI is InChI=1S/C12H11ClN2O2S/c1-17-12(16)10-3-2-8(13)4-11(10)15-6-9-5-14-7-18-9/h2-5,7,15H,6H2,1H3. The molecule has 1 aromatic carbocycles. The average Bonchev–Trinajstić information content (AvgIpc) is 2.88. The molecule has 0 radical (unpaired) electrons. The van der Waals surface area contributed by atoms with E-state index in [0.717, 1.165) is 4.88 Å². The number of thiazole rings is 1. The second kappa shape index (κ2) is 5.84. The molecule has 1 aromatic heterocycles. The van der Waals surface area contributed by atoms with Gasteiger partial charge in [0, 0.05) is 16.1 Å². The lowest BCUT2D eigenvalue weighted by Gasteiger charge is -2.10. The van der Waals surface area contributed by atoms with Gasteiger partial charge in [-0.25, -0.2) is 4.79 Å². The maximum Gasteiger partial charge on any atom is 0.339 e. The number of anilines is 1. The van der Waals surface area contributed by atoms with Crippen molar-refractivity contribution in [2.45, 2.75) is 6.54 Å². The zero-order valence-corrected chi connectivity index (χ0v) is 11.2. The molecule has 0 fully saturated rings. The number of ether oxygens (including phenoxy) is 1. The number of carbonyl (C=O) groups excluding carboxylic acids is 1. The Balaban J connectivity index is 2.19. The molecule has 0 amide bonds. The van der Waals surface area contributed by atoms with Crippen molar-refractivity contribution in [1.29, 1.82) is 0 Å². The SMILES string of the molecule is COC(=O)c1ccc(Cl)cc1NCc1cncs1. The molecule has 0 atom stereocenters. The lowest BCUT2D eigenvalue weighted by molar-refractivity contribution is 0.0602. The van der Waals surface area contributed by atoms with Crippen LogP contribution in [0.2, 0.25) is 5.02 Å². The summed E-state index contributed by atoms with van der Waals surface area (Å²) in [5.41, 5.74) is 2.88. The van der Waals surface area contributed by atoms with Gasteiger partial charge < -0.3 is 10.1 Å². The Morgan fingerprint density at radius 3 is 3.06 bits per heavy atom. The third-order valence-electron chi connectivity index (χ3n) is 2.32. The zero-order chi connectivity index (χ0) is 13.0. The first-order chi connectivity index (χ1) is 8.70. The van der Waals surface area contributed by atoms with Crippen molar-refractivity contribution in [2.24, 2.45) is 0 Å². The van der Waals surface area contributed by atoms with E-state index in [-0.39, 0.29) is 0 Å². The lowest BCUT2D eigenvalue weighted by Crippen LogP contribution is -2.07. The molecule has 94 valence electrons. The smallest absolute Gasteiger partial charge is 0.339 e. The molecule has 0 spiro atoms. The number of halogens is 1. The Morgan fingerprint density at radius 2 is 2.39 bits per heavy atom. The maximum atomic E-state index is 11.6. The van der Waals surface area contributed by atoms with Gasteiger partial charge in [-0.1, -0.05) is 11.6 Å². The monoisotopic (exact) mass is 282 g/mol. The van der Waals surface area contributed by atoms with Crippen molar-refractivity contribution >= 4 is 34.6 Å². The van der Waals surface area contributed by atoms with Gasteiger partial charge in [-0.2, -0.15) is 0 Å². The van der Waals surface area contributed by atoms with Crippen LogP contribution < -0.4 is 5.32 Å². The molecule has 1 N–H and O–H groups in total. The summed E-state index contributed by atoms with van der Waals surface area (Å²) in [4.78, 5) is 16.7. The molecule has 4 nitrogen and oxygen atoms in total. The summed E-state index contributed by atoms with van der Waals surface area (Å²) in [6.45, 7) is 0.592. The van der Waals surface area contributed by atoms with Crippen LogP contribution in [0.4, 0.5) is 5.69 Å². The quantitative estimate of drug-likeness (QED) is 0.875. The fourth-order valence-electron chi connectivity index (χ4n) is 1.46. The van der Waals surface area contributed by atoms with E-state index < -0.39 is 5.97 Å². The summed E-state index contributed by atoms with van der Waals surface area (Å²) < 4.78 is 4.72. The van der Waals surface area contributed by atoms with Gasteiger partial charge in [0.05, 0.1) is 30.4 Å². The fourth-order valence-corrected chi connectivity index (χ4v) is 2.17. The van der Waals surface area contributed by atoms with Crippen molar-refractivity contribution in [3.8, 4) is 0 Å². The van der Waals surface area contributed by atoms with Crippen molar-refractivity contribution in [2.75, 3.05) is 12.4 Å². The second-order valence-electron chi connectivity index (χ2n) is 3.50. The second-order valence-corrected chi connectivity index (χ2v) is 4.91. The Bertz CT molecular complexity index is 543. The maximum absolute atomic E-state index is 11.6. The van der Waals surface area contributed by atoms with Gasteiger partial charge in [0.25, 0.3) is 0 Å². The Labute approximate surface area is 114 Å². The number of hydrogen-bond acceptors (Lipinski definition) is 5. The van der Waals surface area contributed by atoms with Crippen LogP contribution in [0.5, 0.6) is 0 Å². The Morgan fingerprint density at radius 1 is 1.56 bits per heavy atom. The third kappa shape index (κ3) is 3.00. The minimum atomic E-state index is -0.390. The summed E-state index contributed by atoms with van der Waals surface area (Å²) in [6.07, 6.45) is 1.78. The molecular weight excluding hydrogens is 272 g/mol. The van der Waals surface area contributed by atoms with E-state index in [4.69, 9.17) is 16.3 Å². The number of rotatable bonds is 4. The van der Waals surface area contributed by atoms with Gasteiger partial charge in [0.15, 0.2) is 0 Å². The zero-order valence-electron chi connectivity index (χ0n) is 9.64. The number of carbonyl (C=O) groups is 1. The molecule has 0 bridgehead atoms. The molecule has 0 saturated heterocycles. The van der Waals surface area contributed by atoms with Crippen LogP contribution >= 0.6 is 22.9 Å². The van der Waals surface area contributed by atoms with E-state index in [1.165, 1.54) is 7.11 Å². The Hall–Kier alpha value is -1.59. The number of aromatic nitrogens is 1. The van der Waals surface area contributed by atoms with Crippen molar-refractivity contribution in [1.82, 2.24) is 4.98 Å². The summed E-state index contributed by atoms with van der Waals surface area (Å²) in [5, 5.41) is 3.72. The van der Waals surface area contributed by atoms with Crippen LogP contribution in [0, 0.1) is 0 Å². The number of nitrogens with one attached hydrogen (secondary N) is 1. The van der Waals surface area contributed by atoms with E-state index >= 15 is 0 Å². The van der Waals surface area contributed by atoms with Gasteiger partial charge in [0.1, 0.15) is 0 Å². The topological polar surface area (TPSA) is 51.2 Å². The van der Waals surface area contributed by atoms with E-state index in [2.05, 4.69) is 10.3 Å². The summed E-state index contributed by atoms with van der Waals surface area (Å²) in [7, 11) is 1.35. The number of nitrogens with zero attached hydrogens (tertiary/aromatic N) is 1. The highest BCUT2D eigenvalue weighted by Crippen LogP contribution is 2.22. The van der Waals surface area contributed by atoms with Crippen LogP contribution in [0.25, 0.3) is 0 Å². The predicted molar refractivity (Wildman–Crippen MR) is 72.2 cm³/mol. The lowest BCUT2D eigenvalue weighted by atomic mass is 10.2. The highest BCUT2D eigenvalue weighted by atomic mass is 35.5. The molecule has 2 rings (SSSR count). The van der Waals surface area contributed by atoms with Crippen molar-refractivity contribution in [3.63, 3.8) is 0 Å². The molecule has 0 aliphatic rings. The molecular formula is C12H11ClN2O2S. The van der Waals surface area contributed by atoms with Gasteiger partial charge in [0.2, 0.25) is 0 Å². The van der Waals surface area contributed by atoms with Gasteiger partial charge in [-0.15, -0.1) is 11.3 Å². The third-order valence-corrected chi connectivity index (χ3v) is 3.34.